The highest BCUT2D eigenvalue weighted by Crippen LogP contribution is 2.17. The minimum atomic E-state index is -0.365. The summed E-state index contributed by atoms with van der Waals surface area (Å²) < 4.78 is 5.10. The van der Waals surface area contributed by atoms with E-state index in [1.54, 1.807) is 6.08 Å². The largest absolute Gasteiger partial charge is 0.439 e. The summed E-state index contributed by atoms with van der Waals surface area (Å²) in [4.78, 5) is 10.9. The summed E-state index contributed by atoms with van der Waals surface area (Å²) in [5, 5.41) is 2.68. The number of allylic oxidation sites excluding steroid dienone is 3. The summed E-state index contributed by atoms with van der Waals surface area (Å²) in [5.74, 6) is 0. The van der Waals surface area contributed by atoms with Crippen LogP contribution in [-0.4, -0.2) is 18.2 Å². The molecule has 0 aliphatic carbocycles. The molecule has 3 heteroatoms. The number of cyclic esters (lactones) is 1. The highest BCUT2D eigenvalue weighted by molar-refractivity contribution is 5.71. The third-order valence-electron chi connectivity index (χ3n) is 2.08. The Kier molecular flexibility index (Phi) is 3.51. The molecule has 1 saturated heterocycles. The normalized spacial score (nSPS) is 27.6. The van der Waals surface area contributed by atoms with Crippen molar-refractivity contribution in [1.29, 1.82) is 0 Å². The van der Waals surface area contributed by atoms with Gasteiger partial charge in [0.15, 0.2) is 0 Å². The van der Waals surface area contributed by atoms with E-state index in [4.69, 9.17) is 4.74 Å². The molecule has 0 aromatic rings. The Morgan fingerprint density at radius 1 is 1.64 bits per heavy atom. The number of hydrogen-bond acceptors (Lipinski definition) is 2. The second kappa shape index (κ2) is 4.65. The molecule has 1 N–H and O–H groups in total. The lowest BCUT2D eigenvalue weighted by Crippen LogP contribution is -2.28. The summed E-state index contributed by atoms with van der Waals surface area (Å²) in [6.45, 7) is 7.53. The fraction of sp³-hybridized carbons (Fsp3) is 0.364. The molecule has 0 saturated carbocycles. The molecule has 0 radical (unpaired) electrons. The average Bonchev–Trinajstić information content (AvgIpc) is 2.47. The van der Waals surface area contributed by atoms with Crippen molar-refractivity contribution < 1.29 is 9.53 Å². The van der Waals surface area contributed by atoms with E-state index in [9.17, 15) is 4.79 Å². The third kappa shape index (κ3) is 2.25. The van der Waals surface area contributed by atoms with Gasteiger partial charge in [0, 0.05) is 0 Å². The summed E-state index contributed by atoms with van der Waals surface area (Å²) >= 11 is 0. The van der Waals surface area contributed by atoms with Gasteiger partial charge in [-0.2, -0.15) is 0 Å². The number of alkyl carbamates (subject to hydrolysis) is 1. The summed E-state index contributed by atoms with van der Waals surface area (Å²) in [5.41, 5.74) is 0.911. The van der Waals surface area contributed by atoms with Crippen LogP contribution in [0.1, 0.15) is 13.8 Å². The van der Waals surface area contributed by atoms with E-state index >= 15 is 0 Å². The molecular formula is C11H15NO2. The van der Waals surface area contributed by atoms with Crippen molar-refractivity contribution in [3.63, 3.8) is 0 Å². The number of ether oxygens (including phenoxy) is 1. The average molecular weight is 193 g/mol. The molecule has 1 amide bonds. The number of hydrogen-bond donors (Lipinski definition) is 1. The van der Waals surface area contributed by atoms with Gasteiger partial charge in [0.2, 0.25) is 0 Å². The highest BCUT2D eigenvalue weighted by Gasteiger charge is 2.31. The second-order valence-corrected chi connectivity index (χ2v) is 3.16. The molecule has 0 aromatic carbocycles. The van der Waals surface area contributed by atoms with Gasteiger partial charge in [0.25, 0.3) is 0 Å². The van der Waals surface area contributed by atoms with E-state index in [1.165, 1.54) is 0 Å². The first-order valence-corrected chi connectivity index (χ1v) is 4.61. The van der Waals surface area contributed by atoms with Gasteiger partial charge in [0.1, 0.15) is 6.10 Å². The second-order valence-electron chi connectivity index (χ2n) is 3.16. The standard InChI is InChI=1S/C11H15NO2/c1-4-6-7-9(5-2)10-8(3)12-11(13)14-10/h4-8,10H,2H2,1,3H3,(H,12,13)/b6-4-,9-7+. The molecule has 2 atom stereocenters. The molecule has 1 aliphatic heterocycles. The molecule has 0 bridgehead atoms. The fourth-order valence-electron chi connectivity index (χ4n) is 1.36. The summed E-state index contributed by atoms with van der Waals surface area (Å²) in [6, 6.07) is -0.00277. The zero-order valence-electron chi connectivity index (χ0n) is 8.49. The molecular weight excluding hydrogens is 178 g/mol. The third-order valence-corrected chi connectivity index (χ3v) is 2.08. The Morgan fingerprint density at radius 2 is 2.36 bits per heavy atom. The number of carbonyl (C=O) groups excluding carboxylic acids is 1. The van der Waals surface area contributed by atoms with E-state index in [2.05, 4.69) is 11.9 Å². The first kappa shape index (κ1) is 10.6. The Labute approximate surface area is 84.1 Å². The van der Waals surface area contributed by atoms with Gasteiger partial charge in [0.05, 0.1) is 6.04 Å². The number of carbonyl (C=O) groups is 1. The van der Waals surface area contributed by atoms with Gasteiger partial charge < -0.3 is 10.1 Å². The van der Waals surface area contributed by atoms with Crippen molar-refractivity contribution in [1.82, 2.24) is 5.32 Å². The van der Waals surface area contributed by atoms with Crippen molar-refractivity contribution in [3.05, 3.63) is 36.5 Å². The van der Waals surface area contributed by atoms with Gasteiger partial charge >= 0.3 is 6.09 Å². The molecule has 1 fully saturated rings. The number of nitrogens with one attached hydrogen (secondary N) is 1. The van der Waals surface area contributed by atoms with Gasteiger partial charge in [-0.3, -0.25) is 0 Å². The van der Waals surface area contributed by atoms with Gasteiger partial charge in [-0.05, 0) is 19.4 Å². The van der Waals surface area contributed by atoms with Crippen LogP contribution in [0.3, 0.4) is 0 Å². The van der Waals surface area contributed by atoms with Crippen molar-refractivity contribution in [3.8, 4) is 0 Å². The molecule has 3 nitrogen and oxygen atoms in total. The smallest absolute Gasteiger partial charge is 0.408 e. The van der Waals surface area contributed by atoms with Crippen LogP contribution in [0.4, 0.5) is 4.79 Å². The van der Waals surface area contributed by atoms with Crippen molar-refractivity contribution in [2.24, 2.45) is 0 Å². The predicted molar refractivity (Wildman–Crippen MR) is 56.0 cm³/mol. The predicted octanol–water partition coefficient (Wildman–Crippen LogP) is 2.17. The minimum Gasteiger partial charge on any atom is -0.439 e. The maximum Gasteiger partial charge on any atom is 0.408 e. The Morgan fingerprint density at radius 3 is 2.79 bits per heavy atom. The Bertz CT molecular complexity index is 292. The lowest BCUT2D eigenvalue weighted by molar-refractivity contribution is 0.151. The van der Waals surface area contributed by atoms with Crippen LogP contribution in [0.5, 0.6) is 0 Å². The maximum absolute atomic E-state index is 10.9. The van der Waals surface area contributed by atoms with E-state index in [-0.39, 0.29) is 18.2 Å². The quantitative estimate of drug-likeness (QED) is 0.697. The highest BCUT2D eigenvalue weighted by atomic mass is 16.6. The monoisotopic (exact) mass is 193 g/mol. The fourth-order valence-corrected chi connectivity index (χ4v) is 1.36. The molecule has 1 heterocycles. The minimum absolute atomic E-state index is 0.00277. The van der Waals surface area contributed by atoms with E-state index < -0.39 is 0 Å². The van der Waals surface area contributed by atoms with E-state index in [1.807, 2.05) is 32.1 Å². The number of amides is 1. The lowest BCUT2D eigenvalue weighted by Gasteiger charge is -2.13. The molecule has 1 rings (SSSR count). The van der Waals surface area contributed by atoms with Crippen LogP contribution in [0.25, 0.3) is 0 Å². The Hall–Kier alpha value is -1.51. The molecule has 0 spiro atoms. The van der Waals surface area contributed by atoms with Crippen LogP contribution < -0.4 is 5.32 Å². The van der Waals surface area contributed by atoms with Crippen LogP contribution >= 0.6 is 0 Å². The van der Waals surface area contributed by atoms with Crippen LogP contribution in [0, 0.1) is 0 Å². The van der Waals surface area contributed by atoms with Crippen molar-refractivity contribution >= 4 is 6.09 Å². The zero-order chi connectivity index (χ0) is 10.6. The van der Waals surface area contributed by atoms with Crippen LogP contribution in [0.15, 0.2) is 36.5 Å². The zero-order valence-corrected chi connectivity index (χ0v) is 8.49. The topological polar surface area (TPSA) is 38.3 Å². The van der Waals surface area contributed by atoms with Gasteiger partial charge in [-0.1, -0.05) is 30.9 Å². The molecule has 14 heavy (non-hydrogen) atoms. The molecule has 76 valence electrons. The molecule has 0 aromatic heterocycles. The van der Waals surface area contributed by atoms with Gasteiger partial charge in [-0.25, -0.2) is 4.79 Å². The maximum atomic E-state index is 10.9. The van der Waals surface area contributed by atoms with E-state index in [0.717, 1.165) is 5.57 Å². The van der Waals surface area contributed by atoms with E-state index in [0.29, 0.717) is 0 Å². The summed E-state index contributed by atoms with van der Waals surface area (Å²) in [6.07, 6.45) is 6.83. The molecule has 1 aliphatic rings. The van der Waals surface area contributed by atoms with Gasteiger partial charge in [-0.15, -0.1) is 0 Å². The molecule has 2 unspecified atom stereocenters. The van der Waals surface area contributed by atoms with Crippen molar-refractivity contribution in [2.75, 3.05) is 0 Å². The lowest BCUT2D eigenvalue weighted by atomic mass is 10.0. The summed E-state index contributed by atoms with van der Waals surface area (Å²) in [7, 11) is 0. The van der Waals surface area contributed by atoms with Crippen LogP contribution in [-0.2, 0) is 4.74 Å². The SMILES string of the molecule is C=C/C(=C\C=C/C)C1OC(=O)NC1C. The Balaban J connectivity index is 2.79. The van der Waals surface area contributed by atoms with Crippen LogP contribution in [0.2, 0.25) is 0 Å². The number of rotatable bonds is 3. The van der Waals surface area contributed by atoms with Crippen molar-refractivity contribution in [2.45, 2.75) is 26.0 Å². The first-order chi connectivity index (χ1) is 6.69. The first-order valence-electron chi connectivity index (χ1n) is 4.61.